The molecule has 1 atom stereocenters. The number of benzene rings is 1. The molecule has 0 aliphatic carbocycles. The Bertz CT molecular complexity index is 834. The summed E-state index contributed by atoms with van der Waals surface area (Å²) in [7, 11) is 2.21. The molecule has 0 spiro atoms. The highest BCUT2D eigenvalue weighted by molar-refractivity contribution is 5.98. The van der Waals surface area contributed by atoms with Crippen LogP contribution in [-0.4, -0.2) is 37.4 Å². The van der Waals surface area contributed by atoms with Crippen LogP contribution in [0.25, 0.3) is 0 Å². The highest BCUT2D eigenvalue weighted by Crippen LogP contribution is 2.22. The number of Topliss-reactive ketones (excluding diaryl/α,β-unsaturated/α-hetero) is 1. The maximum absolute atomic E-state index is 13.0. The van der Waals surface area contributed by atoms with Gasteiger partial charge in [0.25, 0.3) is 0 Å². The summed E-state index contributed by atoms with van der Waals surface area (Å²) in [4.78, 5) is 15.4. The van der Waals surface area contributed by atoms with Crippen LogP contribution in [-0.2, 0) is 11.3 Å². The normalized spacial score (nSPS) is 15.0. The Morgan fingerprint density at radius 3 is 2.43 bits per heavy atom. The van der Waals surface area contributed by atoms with E-state index < -0.39 is 0 Å². The van der Waals surface area contributed by atoms with E-state index in [1.54, 1.807) is 0 Å². The molecule has 3 nitrogen and oxygen atoms in total. The quantitative estimate of drug-likeness (QED) is 0.212. The Morgan fingerprint density at radius 2 is 1.78 bits per heavy atom. The van der Waals surface area contributed by atoms with Gasteiger partial charge in [0, 0.05) is 18.5 Å². The number of carbonyl (C=O) groups excluding carboxylic acids is 1. The van der Waals surface area contributed by atoms with Crippen LogP contribution in [0.15, 0.2) is 59.2 Å². The molecule has 1 aromatic carbocycles. The van der Waals surface area contributed by atoms with Gasteiger partial charge in [-0.25, -0.2) is 0 Å². The monoisotopic (exact) mass is 510 g/mol. The van der Waals surface area contributed by atoms with Gasteiger partial charge in [0.2, 0.25) is 0 Å². The minimum atomic E-state index is 0.289. The Balaban J connectivity index is 0.00000308. The summed E-state index contributed by atoms with van der Waals surface area (Å²) in [5, 5.41) is 3.45. The van der Waals surface area contributed by atoms with Gasteiger partial charge in [0.15, 0.2) is 5.78 Å². The zero-order valence-electron chi connectivity index (χ0n) is 25.8. The van der Waals surface area contributed by atoms with Gasteiger partial charge < -0.3 is 10.2 Å². The second-order valence-corrected chi connectivity index (χ2v) is 9.76. The van der Waals surface area contributed by atoms with E-state index in [1.165, 1.54) is 35.1 Å². The molecular formula is C34H58N2O. The third-order valence-electron chi connectivity index (χ3n) is 6.84. The second-order valence-electron chi connectivity index (χ2n) is 9.76. The number of hydrogen-bond acceptors (Lipinski definition) is 3. The van der Waals surface area contributed by atoms with Gasteiger partial charge in [0.05, 0.1) is 0 Å². The number of carbonyl (C=O) groups is 1. The number of rotatable bonds is 13. The number of nitrogens with one attached hydrogen (secondary N) is 1. The highest BCUT2D eigenvalue weighted by Gasteiger charge is 2.13. The van der Waals surface area contributed by atoms with Crippen LogP contribution in [0, 0.1) is 12.8 Å². The van der Waals surface area contributed by atoms with Gasteiger partial charge in [0.1, 0.15) is 0 Å². The van der Waals surface area contributed by atoms with E-state index in [0.29, 0.717) is 12.3 Å². The van der Waals surface area contributed by atoms with Crippen molar-refractivity contribution in [3.63, 3.8) is 0 Å². The molecule has 0 bridgehead atoms. The number of nitrogens with zero attached hydrogens (tertiary/aromatic N) is 1. The number of aryl methyl sites for hydroxylation is 1. The van der Waals surface area contributed by atoms with Crippen molar-refractivity contribution in [1.82, 2.24) is 10.2 Å². The molecule has 0 radical (unpaired) electrons. The molecule has 1 heterocycles. The first-order valence-electron chi connectivity index (χ1n) is 14.9. The van der Waals surface area contributed by atoms with Crippen molar-refractivity contribution in [3.05, 3.63) is 70.3 Å². The summed E-state index contributed by atoms with van der Waals surface area (Å²) in [5.41, 5.74) is 6.33. The molecule has 0 saturated carbocycles. The fraction of sp³-hybridized carbons (Fsp3) is 0.618. The second kappa shape index (κ2) is 22.1. The minimum Gasteiger partial charge on any atom is -0.316 e. The van der Waals surface area contributed by atoms with Crippen molar-refractivity contribution >= 4 is 5.78 Å². The van der Waals surface area contributed by atoms with Crippen LogP contribution in [0.4, 0.5) is 0 Å². The van der Waals surface area contributed by atoms with Crippen molar-refractivity contribution < 1.29 is 4.79 Å². The summed E-state index contributed by atoms with van der Waals surface area (Å²) in [6, 6.07) is 8.79. The van der Waals surface area contributed by atoms with E-state index in [9.17, 15) is 4.79 Å². The lowest BCUT2D eigenvalue weighted by Gasteiger charge is -2.21. The molecule has 1 unspecified atom stereocenters. The number of hydrogen-bond donors (Lipinski definition) is 1. The zero-order valence-corrected chi connectivity index (χ0v) is 25.8. The smallest absolute Gasteiger partial charge is 0.162 e. The van der Waals surface area contributed by atoms with E-state index >= 15 is 0 Å². The SMILES string of the molecule is C/C=C\C(=C/C1=C(C)CCNCC1)C(=O)CCCC(CC)CCN(C)Cc1cccc(C)c1.CC.CC. The number of ketones is 1. The molecular weight excluding hydrogens is 452 g/mol. The third-order valence-corrected chi connectivity index (χ3v) is 6.84. The lowest BCUT2D eigenvalue weighted by molar-refractivity contribution is -0.115. The van der Waals surface area contributed by atoms with E-state index in [-0.39, 0.29) is 5.78 Å². The molecule has 2 rings (SSSR count). The number of allylic oxidation sites excluding steroid dienone is 4. The van der Waals surface area contributed by atoms with Crippen LogP contribution in [0.3, 0.4) is 0 Å². The van der Waals surface area contributed by atoms with E-state index in [4.69, 9.17) is 0 Å². The molecule has 1 N–H and O–H groups in total. The Hall–Kier alpha value is -1.97. The van der Waals surface area contributed by atoms with E-state index in [2.05, 4.69) is 68.4 Å². The molecule has 0 saturated heterocycles. The molecule has 1 aliphatic heterocycles. The molecule has 3 heteroatoms. The Morgan fingerprint density at radius 1 is 1.08 bits per heavy atom. The van der Waals surface area contributed by atoms with Crippen LogP contribution >= 0.6 is 0 Å². The van der Waals surface area contributed by atoms with Gasteiger partial charge in [-0.15, -0.1) is 0 Å². The topological polar surface area (TPSA) is 32.3 Å². The molecule has 0 aromatic heterocycles. The summed E-state index contributed by atoms with van der Waals surface area (Å²) in [6.07, 6.45) is 13.4. The highest BCUT2D eigenvalue weighted by atomic mass is 16.1. The largest absolute Gasteiger partial charge is 0.316 e. The van der Waals surface area contributed by atoms with E-state index in [0.717, 1.165) is 57.4 Å². The Kier molecular flexibility index (Phi) is 20.9. The van der Waals surface area contributed by atoms with Gasteiger partial charge >= 0.3 is 0 Å². The minimum absolute atomic E-state index is 0.289. The predicted octanol–water partition coefficient (Wildman–Crippen LogP) is 8.84. The molecule has 1 aliphatic rings. The molecule has 0 amide bonds. The zero-order chi connectivity index (χ0) is 28.1. The van der Waals surface area contributed by atoms with Crippen molar-refractivity contribution in [3.8, 4) is 0 Å². The van der Waals surface area contributed by atoms with Gasteiger partial charge in [-0.2, -0.15) is 0 Å². The maximum atomic E-state index is 13.0. The van der Waals surface area contributed by atoms with Crippen molar-refractivity contribution in [2.75, 3.05) is 26.7 Å². The molecule has 37 heavy (non-hydrogen) atoms. The van der Waals surface area contributed by atoms with Gasteiger partial charge in [-0.1, -0.05) is 88.6 Å². The van der Waals surface area contributed by atoms with E-state index in [1.807, 2.05) is 46.8 Å². The first kappa shape index (κ1) is 35.0. The first-order chi connectivity index (χ1) is 17.9. The van der Waals surface area contributed by atoms with Crippen molar-refractivity contribution in [2.45, 2.75) is 107 Å². The first-order valence-corrected chi connectivity index (χ1v) is 14.9. The standard InChI is InChI=1S/C30H46N2O.2C2H6/c1-6-10-29(22-28-16-19-31-18-15-25(28)4)30(33)14-9-12-26(7-2)17-20-32(5)23-27-13-8-11-24(3)21-27;2*1-2/h6,8,10-11,13,21-22,26,31H,7,9,12,14-20,23H2,1-5H3;2*1-2H3/b10-6-,29-22+;;. The molecule has 210 valence electrons. The average molecular weight is 511 g/mol. The predicted molar refractivity (Wildman–Crippen MR) is 165 cm³/mol. The maximum Gasteiger partial charge on any atom is 0.162 e. The average Bonchev–Trinajstić information content (AvgIpc) is 3.11. The fourth-order valence-electron chi connectivity index (χ4n) is 4.63. The van der Waals surface area contributed by atoms with Crippen LogP contribution in [0.1, 0.15) is 105 Å². The van der Waals surface area contributed by atoms with Gasteiger partial charge in [-0.3, -0.25) is 4.79 Å². The van der Waals surface area contributed by atoms with Crippen molar-refractivity contribution in [2.24, 2.45) is 5.92 Å². The van der Waals surface area contributed by atoms with Crippen LogP contribution in [0.2, 0.25) is 0 Å². The summed E-state index contributed by atoms with van der Waals surface area (Å²) >= 11 is 0. The van der Waals surface area contributed by atoms with Crippen molar-refractivity contribution in [1.29, 1.82) is 0 Å². The fourth-order valence-corrected chi connectivity index (χ4v) is 4.63. The lowest BCUT2D eigenvalue weighted by Crippen LogP contribution is -2.21. The van der Waals surface area contributed by atoms with Crippen LogP contribution in [0.5, 0.6) is 0 Å². The summed E-state index contributed by atoms with van der Waals surface area (Å²) in [5.74, 6) is 0.974. The molecule has 0 fully saturated rings. The third kappa shape index (κ3) is 15.1. The molecule has 1 aromatic rings. The summed E-state index contributed by atoms with van der Waals surface area (Å²) in [6.45, 7) is 20.8. The lowest BCUT2D eigenvalue weighted by atomic mass is 9.93. The Labute approximate surface area is 230 Å². The summed E-state index contributed by atoms with van der Waals surface area (Å²) < 4.78 is 0. The van der Waals surface area contributed by atoms with Gasteiger partial charge in [-0.05, 0) is 103 Å². The van der Waals surface area contributed by atoms with Crippen LogP contribution < -0.4 is 5.32 Å².